The second kappa shape index (κ2) is 5.17. The predicted octanol–water partition coefficient (Wildman–Crippen LogP) is 1.88. The average Bonchev–Trinajstić information content (AvgIpc) is 2.40. The summed E-state index contributed by atoms with van der Waals surface area (Å²) in [5.74, 6) is 0.463. The fourth-order valence-corrected chi connectivity index (χ4v) is 1.47. The monoisotopic (exact) mass is 245 g/mol. The van der Waals surface area contributed by atoms with E-state index in [1.165, 1.54) is 18.5 Å². The lowest BCUT2D eigenvalue weighted by atomic mass is 10.2. The third-order valence-corrected chi connectivity index (χ3v) is 2.24. The number of hydrogen-bond donors (Lipinski definition) is 1. The van der Waals surface area contributed by atoms with E-state index in [2.05, 4.69) is 20.3 Å². The Morgan fingerprint density at radius 3 is 2.67 bits per heavy atom. The Bertz CT molecular complexity index is 559. The van der Waals surface area contributed by atoms with E-state index >= 15 is 0 Å². The van der Waals surface area contributed by atoms with Gasteiger partial charge in [-0.15, -0.1) is 0 Å². The van der Waals surface area contributed by atoms with Gasteiger partial charge in [0.15, 0.2) is 0 Å². The van der Waals surface area contributed by atoms with Crippen LogP contribution in [0.3, 0.4) is 0 Å². The molecule has 18 heavy (non-hydrogen) atoms. The molecule has 0 saturated heterocycles. The SMILES string of the molecule is CCNc1cc([N+](=O)[O-])cc(-c2cncnc2)n1. The van der Waals surface area contributed by atoms with Gasteiger partial charge >= 0.3 is 0 Å². The van der Waals surface area contributed by atoms with Gasteiger partial charge in [-0.2, -0.15) is 0 Å². The molecule has 0 bridgehead atoms. The zero-order valence-electron chi connectivity index (χ0n) is 9.70. The third kappa shape index (κ3) is 2.57. The molecule has 2 heterocycles. The number of pyridine rings is 1. The van der Waals surface area contributed by atoms with Crippen LogP contribution in [0, 0.1) is 10.1 Å². The van der Waals surface area contributed by atoms with Gasteiger partial charge in [-0.05, 0) is 6.92 Å². The van der Waals surface area contributed by atoms with E-state index < -0.39 is 4.92 Å². The minimum absolute atomic E-state index is 0.0141. The quantitative estimate of drug-likeness (QED) is 0.652. The van der Waals surface area contributed by atoms with E-state index in [4.69, 9.17) is 0 Å². The number of aromatic nitrogens is 3. The second-order valence-corrected chi connectivity index (χ2v) is 3.51. The van der Waals surface area contributed by atoms with Crippen LogP contribution in [-0.2, 0) is 0 Å². The fraction of sp³-hybridized carbons (Fsp3) is 0.182. The van der Waals surface area contributed by atoms with E-state index in [0.29, 0.717) is 23.6 Å². The van der Waals surface area contributed by atoms with Gasteiger partial charge in [-0.1, -0.05) is 0 Å². The van der Waals surface area contributed by atoms with Crippen LogP contribution in [0.25, 0.3) is 11.3 Å². The molecule has 0 unspecified atom stereocenters. The highest BCUT2D eigenvalue weighted by molar-refractivity contribution is 5.63. The summed E-state index contributed by atoms with van der Waals surface area (Å²) in [6.45, 7) is 2.53. The molecule has 0 fully saturated rings. The van der Waals surface area contributed by atoms with Crippen molar-refractivity contribution in [3.8, 4) is 11.3 Å². The number of nitrogens with one attached hydrogen (secondary N) is 1. The van der Waals surface area contributed by atoms with Crippen molar-refractivity contribution >= 4 is 11.5 Å². The van der Waals surface area contributed by atoms with Crippen molar-refractivity contribution < 1.29 is 4.92 Å². The van der Waals surface area contributed by atoms with E-state index in [9.17, 15) is 10.1 Å². The van der Waals surface area contributed by atoms with Crippen molar-refractivity contribution in [3.63, 3.8) is 0 Å². The van der Waals surface area contributed by atoms with E-state index in [1.807, 2.05) is 6.92 Å². The predicted molar refractivity (Wildman–Crippen MR) is 66.1 cm³/mol. The van der Waals surface area contributed by atoms with Crippen molar-refractivity contribution in [2.75, 3.05) is 11.9 Å². The van der Waals surface area contributed by atoms with Gasteiger partial charge in [0.2, 0.25) is 0 Å². The van der Waals surface area contributed by atoms with Crippen LogP contribution in [0.4, 0.5) is 11.5 Å². The first-order valence-electron chi connectivity index (χ1n) is 5.36. The first kappa shape index (κ1) is 11.9. The molecule has 0 aliphatic heterocycles. The Hall–Kier alpha value is -2.57. The lowest BCUT2D eigenvalue weighted by Gasteiger charge is -2.05. The van der Waals surface area contributed by atoms with Crippen LogP contribution < -0.4 is 5.32 Å². The first-order chi connectivity index (χ1) is 8.70. The molecule has 0 aliphatic rings. The Balaban J connectivity index is 2.50. The summed E-state index contributed by atoms with van der Waals surface area (Å²) in [7, 11) is 0. The average molecular weight is 245 g/mol. The summed E-state index contributed by atoms with van der Waals surface area (Å²) in [5, 5.41) is 13.8. The van der Waals surface area contributed by atoms with Crippen LogP contribution in [0.1, 0.15) is 6.92 Å². The Kier molecular flexibility index (Phi) is 3.42. The highest BCUT2D eigenvalue weighted by atomic mass is 16.6. The summed E-state index contributed by atoms with van der Waals surface area (Å²) in [5.41, 5.74) is 1.10. The standard InChI is InChI=1S/C11H11N5O2/c1-2-14-11-4-9(16(17)18)3-10(15-11)8-5-12-7-13-6-8/h3-7H,2H2,1H3,(H,14,15). The van der Waals surface area contributed by atoms with E-state index in [0.717, 1.165) is 0 Å². The molecule has 1 N–H and O–H groups in total. The van der Waals surface area contributed by atoms with Gasteiger partial charge < -0.3 is 5.32 Å². The minimum atomic E-state index is -0.449. The highest BCUT2D eigenvalue weighted by Gasteiger charge is 2.12. The first-order valence-corrected chi connectivity index (χ1v) is 5.36. The molecule has 92 valence electrons. The number of hydrogen-bond acceptors (Lipinski definition) is 6. The van der Waals surface area contributed by atoms with Crippen molar-refractivity contribution in [1.29, 1.82) is 0 Å². The second-order valence-electron chi connectivity index (χ2n) is 3.51. The summed E-state index contributed by atoms with van der Waals surface area (Å²) in [6, 6.07) is 2.80. The topological polar surface area (TPSA) is 93.8 Å². The fourth-order valence-electron chi connectivity index (χ4n) is 1.47. The number of rotatable bonds is 4. The Morgan fingerprint density at radius 1 is 1.33 bits per heavy atom. The van der Waals surface area contributed by atoms with Crippen molar-refractivity contribution in [1.82, 2.24) is 15.0 Å². The number of nitro groups is 1. The van der Waals surface area contributed by atoms with Gasteiger partial charge in [-0.25, -0.2) is 15.0 Å². The van der Waals surface area contributed by atoms with Crippen LogP contribution in [0.15, 0.2) is 30.9 Å². The summed E-state index contributed by atoms with van der Waals surface area (Å²) < 4.78 is 0. The zero-order valence-corrected chi connectivity index (χ0v) is 9.70. The Labute approximate surface area is 103 Å². The molecular formula is C11H11N5O2. The molecule has 7 heteroatoms. The maximum atomic E-state index is 10.9. The van der Waals surface area contributed by atoms with Crippen molar-refractivity contribution in [2.24, 2.45) is 0 Å². The van der Waals surface area contributed by atoms with Gasteiger partial charge in [0.1, 0.15) is 12.1 Å². The van der Waals surface area contributed by atoms with Crippen LogP contribution in [0.2, 0.25) is 0 Å². The van der Waals surface area contributed by atoms with E-state index in [1.54, 1.807) is 12.4 Å². The smallest absolute Gasteiger partial charge is 0.275 e. The van der Waals surface area contributed by atoms with Crippen LogP contribution in [-0.4, -0.2) is 26.4 Å². The molecule has 0 atom stereocenters. The summed E-state index contributed by atoms with van der Waals surface area (Å²) >= 11 is 0. The van der Waals surface area contributed by atoms with Crippen LogP contribution >= 0.6 is 0 Å². The molecule has 7 nitrogen and oxygen atoms in total. The highest BCUT2D eigenvalue weighted by Crippen LogP contribution is 2.24. The molecule has 0 spiro atoms. The molecule has 0 radical (unpaired) electrons. The van der Waals surface area contributed by atoms with Crippen molar-refractivity contribution in [2.45, 2.75) is 6.92 Å². The molecule has 0 amide bonds. The number of anilines is 1. The number of nitrogens with zero attached hydrogens (tertiary/aromatic N) is 4. The molecule has 2 aromatic rings. The zero-order chi connectivity index (χ0) is 13.0. The minimum Gasteiger partial charge on any atom is -0.370 e. The largest absolute Gasteiger partial charge is 0.370 e. The van der Waals surface area contributed by atoms with Gasteiger partial charge in [0.05, 0.1) is 16.7 Å². The Morgan fingerprint density at radius 2 is 2.06 bits per heavy atom. The molecule has 0 aliphatic carbocycles. The molecule has 0 saturated carbocycles. The molecule has 0 aromatic carbocycles. The normalized spacial score (nSPS) is 10.1. The van der Waals surface area contributed by atoms with Gasteiger partial charge in [0, 0.05) is 30.6 Å². The summed E-state index contributed by atoms with van der Waals surface area (Å²) in [6.07, 6.45) is 4.52. The lowest BCUT2D eigenvalue weighted by Crippen LogP contribution is -2.01. The maximum absolute atomic E-state index is 10.9. The maximum Gasteiger partial charge on any atom is 0.275 e. The van der Waals surface area contributed by atoms with E-state index in [-0.39, 0.29) is 5.69 Å². The van der Waals surface area contributed by atoms with Gasteiger partial charge in [-0.3, -0.25) is 10.1 Å². The molecule has 2 rings (SSSR count). The molecular weight excluding hydrogens is 234 g/mol. The van der Waals surface area contributed by atoms with Gasteiger partial charge in [0.25, 0.3) is 5.69 Å². The lowest BCUT2D eigenvalue weighted by molar-refractivity contribution is -0.384. The van der Waals surface area contributed by atoms with Crippen LogP contribution in [0.5, 0.6) is 0 Å². The summed E-state index contributed by atoms with van der Waals surface area (Å²) in [4.78, 5) is 22.4. The van der Waals surface area contributed by atoms with Crippen molar-refractivity contribution in [3.05, 3.63) is 41.0 Å². The third-order valence-electron chi connectivity index (χ3n) is 2.24. The molecule has 2 aromatic heterocycles.